The van der Waals surface area contributed by atoms with Crippen molar-refractivity contribution in [3.05, 3.63) is 53.3 Å². The first kappa shape index (κ1) is 22.4. The lowest BCUT2D eigenvalue weighted by Crippen LogP contribution is -2.40. The summed E-state index contributed by atoms with van der Waals surface area (Å²) in [6.45, 7) is 2.73. The maximum Gasteiger partial charge on any atom is 0.323 e. The van der Waals surface area contributed by atoms with Crippen molar-refractivity contribution >= 4 is 22.5 Å². The first-order valence-corrected chi connectivity index (χ1v) is 11.4. The van der Waals surface area contributed by atoms with Crippen molar-refractivity contribution in [1.29, 1.82) is 10.5 Å². The van der Waals surface area contributed by atoms with Crippen LogP contribution in [0.3, 0.4) is 0 Å². The zero-order valence-corrected chi connectivity index (χ0v) is 18.9. The lowest BCUT2D eigenvalue weighted by molar-refractivity contribution is 0.192. The Kier molecular flexibility index (Phi) is 6.64. The van der Waals surface area contributed by atoms with Crippen LogP contribution in [0.5, 0.6) is 0 Å². The van der Waals surface area contributed by atoms with Crippen molar-refractivity contribution in [2.75, 3.05) is 18.4 Å². The van der Waals surface area contributed by atoms with Gasteiger partial charge < -0.3 is 10.0 Å². The van der Waals surface area contributed by atoms with Crippen LogP contribution in [0.15, 0.2) is 36.4 Å². The number of carbonyl (C=O) groups is 1. The molecule has 0 aliphatic carbocycles. The van der Waals surface area contributed by atoms with Gasteiger partial charge in [0.05, 0.1) is 40.6 Å². The molecular formula is C24H22N6O2S. The van der Waals surface area contributed by atoms with Crippen molar-refractivity contribution in [3.63, 3.8) is 0 Å². The summed E-state index contributed by atoms with van der Waals surface area (Å²) in [4.78, 5) is 24.4. The Morgan fingerprint density at radius 2 is 2.00 bits per heavy atom. The molecule has 1 aliphatic rings. The highest BCUT2D eigenvalue weighted by Crippen LogP contribution is 2.40. The number of anilines is 1. The molecule has 166 valence electrons. The quantitative estimate of drug-likeness (QED) is 0.600. The zero-order valence-electron chi connectivity index (χ0n) is 18.1. The molecule has 8 nitrogen and oxygen atoms in total. The number of aryl methyl sites for hydroxylation is 1. The van der Waals surface area contributed by atoms with E-state index in [1.165, 1.54) is 11.3 Å². The molecule has 2 amide bonds. The van der Waals surface area contributed by atoms with Crippen LogP contribution in [0.25, 0.3) is 21.7 Å². The SMILES string of the molecule is Cc1cc(-c2sc(NC(=O)N3CCC(C#N)CC3)nc2-c2cccc(C#N)c2)cc(CO)n1. The summed E-state index contributed by atoms with van der Waals surface area (Å²) in [5.74, 6) is -0.00446. The van der Waals surface area contributed by atoms with Crippen molar-refractivity contribution in [3.8, 4) is 33.8 Å². The number of benzene rings is 1. The number of amides is 2. The highest BCUT2D eigenvalue weighted by Gasteiger charge is 2.24. The Morgan fingerprint density at radius 3 is 2.70 bits per heavy atom. The third kappa shape index (κ3) is 5.01. The molecule has 1 aromatic carbocycles. The molecular weight excluding hydrogens is 436 g/mol. The molecule has 3 heterocycles. The highest BCUT2D eigenvalue weighted by molar-refractivity contribution is 7.19. The Balaban J connectivity index is 1.70. The summed E-state index contributed by atoms with van der Waals surface area (Å²) in [7, 11) is 0. The zero-order chi connectivity index (χ0) is 23.4. The van der Waals surface area contributed by atoms with Gasteiger partial charge in [0.1, 0.15) is 0 Å². The molecule has 1 saturated heterocycles. The van der Waals surface area contributed by atoms with E-state index >= 15 is 0 Å². The normalized spacial score (nSPS) is 13.9. The van der Waals surface area contributed by atoms with E-state index < -0.39 is 0 Å². The Morgan fingerprint density at radius 1 is 1.21 bits per heavy atom. The monoisotopic (exact) mass is 458 g/mol. The summed E-state index contributed by atoms with van der Waals surface area (Å²) in [5.41, 5.74) is 4.05. The van der Waals surface area contributed by atoms with Crippen LogP contribution in [-0.4, -0.2) is 39.1 Å². The lowest BCUT2D eigenvalue weighted by Gasteiger charge is -2.28. The van der Waals surface area contributed by atoms with Gasteiger partial charge in [-0.05, 0) is 49.6 Å². The Hall–Kier alpha value is -3.79. The predicted octanol–water partition coefficient (Wildman–Crippen LogP) is 4.31. The van der Waals surface area contributed by atoms with Gasteiger partial charge in [0.15, 0.2) is 5.13 Å². The van der Waals surface area contributed by atoms with Crippen LogP contribution in [0.2, 0.25) is 0 Å². The lowest BCUT2D eigenvalue weighted by atomic mass is 9.99. The molecule has 2 N–H and O–H groups in total. The molecule has 4 rings (SSSR count). The molecule has 2 aromatic heterocycles. The molecule has 0 spiro atoms. The minimum Gasteiger partial charge on any atom is -0.390 e. The molecule has 0 saturated carbocycles. The van der Waals surface area contributed by atoms with E-state index in [-0.39, 0.29) is 18.6 Å². The summed E-state index contributed by atoms with van der Waals surface area (Å²) in [5, 5.41) is 31.3. The number of piperidine rings is 1. The van der Waals surface area contributed by atoms with Crippen LogP contribution in [0.1, 0.15) is 29.8 Å². The molecule has 0 bridgehead atoms. The molecule has 3 aromatic rings. The van der Waals surface area contributed by atoms with Crippen LogP contribution in [0.4, 0.5) is 9.93 Å². The third-order valence-electron chi connectivity index (χ3n) is 5.50. The molecule has 0 unspecified atom stereocenters. The first-order valence-electron chi connectivity index (χ1n) is 10.6. The maximum absolute atomic E-state index is 12.8. The summed E-state index contributed by atoms with van der Waals surface area (Å²) >= 11 is 1.33. The Bertz CT molecular complexity index is 1260. The number of carbonyl (C=O) groups excluding carboxylic acids is 1. The number of aliphatic hydroxyl groups excluding tert-OH is 1. The van der Waals surface area contributed by atoms with Crippen LogP contribution < -0.4 is 5.32 Å². The number of aliphatic hydroxyl groups is 1. The van der Waals surface area contributed by atoms with Gasteiger partial charge in [0, 0.05) is 30.3 Å². The number of pyridine rings is 1. The van der Waals surface area contributed by atoms with Gasteiger partial charge in [-0.1, -0.05) is 23.5 Å². The molecule has 9 heteroatoms. The van der Waals surface area contributed by atoms with Crippen molar-refractivity contribution in [1.82, 2.24) is 14.9 Å². The molecule has 1 aliphatic heterocycles. The molecule has 0 atom stereocenters. The van der Waals surface area contributed by atoms with Crippen LogP contribution >= 0.6 is 11.3 Å². The van der Waals surface area contributed by atoms with E-state index in [0.29, 0.717) is 48.0 Å². The van der Waals surface area contributed by atoms with Crippen LogP contribution in [-0.2, 0) is 6.61 Å². The van der Waals surface area contributed by atoms with Crippen molar-refractivity contribution in [2.45, 2.75) is 26.4 Å². The number of rotatable bonds is 4. The minimum atomic E-state index is -0.244. The topological polar surface area (TPSA) is 126 Å². The number of nitriles is 2. The average molecular weight is 459 g/mol. The van der Waals surface area contributed by atoms with E-state index in [2.05, 4.69) is 22.4 Å². The van der Waals surface area contributed by atoms with E-state index in [1.807, 2.05) is 19.1 Å². The van der Waals surface area contributed by atoms with Gasteiger partial charge in [-0.15, -0.1) is 0 Å². The number of hydrogen-bond acceptors (Lipinski definition) is 7. The van der Waals surface area contributed by atoms with E-state index in [4.69, 9.17) is 10.2 Å². The minimum absolute atomic E-state index is 0.00446. The fourth-order valence-electron chi connectivity index (χ4n) is 3.83. The van der Waals surface area contributed by atoms with E-state index in [9.17, 15) is 15.2 Å². The number of hydrogen-bond donors (Lipinski definition) is 2. The summed E-state index contributed by atoms with van der Waals surface area (Å²) in [6, 6.07) is 15.0. The standard InChI is InChI=1S/C24H22N6O2S/c1-15-9-19(11-20(14-31)27-15)22-21(18-4-2-3-17(10-18)13-26)28-23(33-22)29-24(32)30-7-5-16(12-25)6-8-30/h2-4,9-11,16,31H,5-8,14H2,1H3,(H,28,29,32). The fourth-order valence-corrected chi connectivity index (χ4v) is 4.80. The van der Waals surface area contributed by atoms with E-state index in [0.717, 1.165) is 21.7 Å². The molecule has 0 radical (unpaired) electrons. The maximum atomic E-state index is 12.8. The number of thiazole rings is 1. The summed E-state index contributed by atoms with van der Waals surface area (Å²) < 4.78 is 0. The largest absolute Gasteiger partial charge is 0.390 e. The second-order valence-electron chi connectivity index (χ2n) is 7.86. The number of urea groups is 1. The summed E-state index contributed by atoms with van der Waals surface area (Å²) in [6.07, 6.45) is 1.33. The average Bonchev–Trinajstić information content (AvgIpc) is 3.27. The van der Waals surface area contributed by atoms with Gasteiger partial charge in [-0.25, -0.2) is 9.78 Å². The predicted molar refractivity (Wildman–Crippen MR) is 125 cm³/mol. The number of likely N-dealkylation sites (tertiary alicyclic amines) is 1. The smallest absolute Gasteiger partial charge is 0.323 e. The fraction of sp³-hybridized carbons (Fsp3) is 0.292. The second kappa shape index (κ2) is 9.78. The number of aromatic nitrogens is 2. The van der Waals surface area contributed by atoms with Crippen LogP contribution in [0, 0.1) is 35.5 Å². The second-order valence-corrected chi connectivity index (χ2v) is 8.86. The van der Waals surface area contributed by atoms with Crippen molar-refractivity contribution in [2.24, 2.45) is 5.92 Å². The molecule has 33 heavy (non-hydrogen) atoms. The highest BCUT2D eigenvalue weighted by atomic mass is 32.1. The van der Waals surface area contributed by atoms with Gasteiger partial charge in [-0.2, -0.15) is 10.5 Å². The third-order valence-corrected chi connectivity index (χ3v) is 6.52. The number of nitrogens with zero attached hydrogens (tertiary/aromatic N) is 5. The number of nitrogens with one attached hydrogen (secondary N) is 1. The van der Waals surface area contributed by atoms with E-state index in [1.54, 1.807) is 29.2 Å². The first-order chi connectivity index (χ1) is 16.0. The van der Waals surface area contributed by atoms with Gasteiger partial charge in [0.2, 0.25) is 0 Å². The van der Waals surface area contributed by atoms with Gasteiger partial charge in [-0.3, -0.25) is 10.3 Å². The Labute approximate surface area is 195 Å². The molecule has 1 fully saturated rings. The van der Waals surface area contributed by atoms with Gasteiger partial charge in [0.25, 0.3) is 0 Å². The van der Waals surface area contributed by atoms with Crippen molar-refractivity contribution < 1.29 is 9.90 Å². The van der Waals surface area contributed by atoms with Gasteiger partial charge >= 0.3 is 6.03 Å².